The van der Waals surface area contributed by atoms with Crippen LogP contribution in [0.25, 0.3) is 0 Å². The molecule has 16 heteroatoms. The molecule has 1 spiro atoms. The summed E-state index contributed by atoms with van der Waals surface area (Å²) in [5, 5.41) is 40.5. The van der Waals surface area contributed by atoms with E-state index in [0.29, 0.717) is 11.1 Å². The highest BCUT2D eigenvalue weighted by molar-refractivity contribution is 5.95. The number of aliphatic hydroxyl groups excluding tert-OH is 2. The minimum Gasteiger partial charge on any atom is -0.456 e. The Hall–Kier alpha value is -5.16. The average molecular weight is 876 g/mol. The number of fused-ring (bicyclic) bond motifs is 3. The van der Waals surface area contributed by atoms with Crippen molar-refractivity contribution in [2.24, 2.45) is 16.7 Å². The summed E-state index contributed by atoms with van der Waals surface area (Å²) in [6.07, 6.45) is -11.4. The van der Waals surface area contributed by atoms with Crippen LogP contribution in [0, 0.1) is 16.7 Å². The Balaban J connectivity index is 1.48. The van der Waals surface area contributed by atoms with Gasteiger partial charge in [-0.2, -0.15) is 0 Å². The van der Waals surface area contributed by atoms with Crippen LogP contribution in [0.15, 0.2) is 65.7 Å². The van der Waals surface area contributed by atoms with Crippen LogP contribution in [-0.4, -0.2) is 111 Å². The number of carbonyl (C=O) groups excluding carboxylic acids is 6. The lowest BCUT2D eigenvalue weighted by Crippen LogP contribution is -2.82. The molecule has 340 valence electrons. The van der Waals surface area contributed by atoms with Crippen LogP contribution >= 0.6 is 0 Å². The molecular weight excluding hydrogens is 819 g/mol. The van der Waals surface area contributed by atoms with E-state index in [9.17, 15) is 39.3 Å². The van der Waals surface area contributed by atoms with E-state index in [-0.39, 0.29) is 49.0 Å². The minimum absolute atomic E-state index is 0.00101. The van der Waals surface area contributed by atoms with Gasteiger partial charge in [0, 0.05) is 31.6 Å². The third-order valence-corrected chi connectivity index (χ3v) is 13.9. The number of Topliss-reactive ketones (excluding diaryl/α,β-unsaturated/α-hetero) is 1. The summed E-state index contributed by atoms with van der Waals surface area (Å²) in [5.41, 5.74) is -7.72. The maximum absolute atomic E-state index is 15.6. The van der Waals surface area contributed by atoms with Crippen molar-refractivity contribution in [3.8, 4) is 0 Å². The van der Waals surface area contributed by atoms with Gasteiger partial charge in [0.2, 0.25) is 0 Å². The number of rotatable bonds is 4. The lowest BCUT2D eigenvalue weighted by atomic mass is 9.44. The Labute approximate surface area is 365 Å². The zero-order chi connectivity index (χ0) is 46.0. The molecule has 11 atom stereocenters. The van der Waals surface area contributed by atoms with Crippen molar-refractivity contribution in [3.05, 3.63) is 82.4 Å². The van der Waals surface area contributed by atoms with Gasteiger partial charge in [0.15, 0.2) is 23.6 Å². The van der Waals surface area contributed by atoms with Crippen molar-refractivity contribution in [2.45, 2.75) is 147 Å². The highest BCUT2D eigenvalue weighted by atomic mass is 16.6. The molecule has 4 bridgehead atoms. The summed E-state index contributed by atoms with van der Waals surface area (Å²) >= 11 is 0. The van der Waals surface area contributed by atoms with Crippen LogP contribution in [0.5, 0.6) is 0 Å². The van der Waals surface area contributed by atoms with E-state index in [1.807, 2.05) is 0 Å². The number of hydrogen-bond acceptors (Lipinski definition) is 15. The van der Waals surface area contributed by atoms with Crippen molar-refractivity contribution < 1.29 is 72.5 Å². The lowest BCUT2D eigenvalue weighted by Gasteiger charge is -2.67. The van der Waals surface area contributed by atoms with Gasteiger partial charge in [-0.3, -0.25) is 14.4 Å². The maximum atomic E-state index is 15.6. The molecular formula is C47H57NO15. The third-order valence-electron chi connectivity index (χ3n) is 13.9. The second-order valence-electron chi connectivity index (χ2n) is 19.2. The molecule has 2 aromatic rings. The molecule has 5 aliphatic rings. The Kier molecular flexibility index (Phi) is 12.0. The average Bonchev–Trinajstić information content (AvgIpc) is 3.20. The summed E-state index contributed by atoms with van der Waals surface area (Å²) in [6.45, 7) is 11.8. The fraction of sp³-hybridized carbons (Fsp3) is 0.574. The van der Waals surface area contributed by atoms with Crippen LogP contribution in [-0.2, 0) is 54.0 Å². The number of aliphatic hydroxyl groups is 3. The molecule has 2 aliphatic heterocycles. The van der Waals surface area contributed by atoms with E-state index in [1.165, 1.54) is 26.0 Å². The number of aryl methyl sites for hydroxylation is 1. The first-order chi connectivity index (χ1) is 29.5. The monoisotopic (exact) mass is 875 g/mol. The Morgan fingerprint density at radius 1 is 0.921 bits per heavy atom. The van der Waals surface area contributed by atoms with Crippen molar-refractivity contribution in [1.29, 1.82) is 0 Å². The number of amides is 1. The van der Waals surface area contributed by atoms with Crippen molar-refractivity contribution in [1.82, 2.24) is 5.32 Å². The molecule has 3 fully saturated rings. The fourth-order valence-corrected chi connectivity index (χ4v) is 10.6. The molecule has 16 nitrogen and oxygen atoms in total. The quantitative estimate of drug-likeness (QED) is 0.192. The number of ether oxygens (including phenoxy) is 6. The zero-order valence-electron chi connectivity index (χ0n) is 36.8. The van der Waals surface area contributed by atoms with Crippen molar-refractivity contribution >= 4 is 35.8 Å². The first-order valence-electron chi connectivity index (χ1n) is 21.3. The zero-order valence-corrected chi connectivity index (χ0v) is 36.8. The third kappa shape index (κ3) is 7.82. The number of hydrogen-bond donors (Lipinski definition) is 4. The second kappa shape index (κ2) is 16.4. The first kappa shape index (κ1) is 45.9. The van der Waals surface area contributed by atoms with Gasteiger partial charge in [0.05, 0.1) is 35.6 Å². The van der Waals surface area contributed by atoms with E-state index in [0.717, 1.165) is 6.92 Å². The van der Waals surface area contributed by atoms with Gasteiger partial charge < -0.3 is 49.1 Å². The Morgan fingerprint density at radius 3 is 2.22 bits per heavy atom. The predicted molar refractivity (Wildman–Crippen MR) is 220 cm³/mol. The van der Waals surface area contributed by atoms with Crippen LogP contribution < -0.4 is 5.32 Å². The number of alkyl carbamates (subject to hydrolysis) is 1. The van der Waals surface area contributed by atoms with E-state index in [4.69, 9.17) is 28.4 Å². The predicted octanol–water partition coefficient (Wildman–Crippen LogP) is 4.15. The number of benzene rings is 2. The van der Waals surface area contributed by atoms with Gasteiger partial charge in [-0.05, 0) is 81.9 Å². The number of ketones is 1. The molecule has 2 aromatic carbocycles. The lowest BCUT2D eigenvalue weighted by molar-refractivity contribution is -0.346. The molecule has 63 heavy (non-hydrogen) atoms. The smallest absolute Gasteiger partial charge is 0.408 e. The number of carbonyl (C=O) groups is 6. The standard InChI is InChI=1S/C47H57NO15/c1-24-29-22-47(57)39(61-40(54)27-16-10-9-11-17-27)37-45(8,38(53)36(59-25(2)49)33(24)44(47,6)7)30(50)21-31-46(37,23-58-31)62-32(51)20-14-18-26-15-12-13-19-28(26)34(35(52)41(55)60-29)48-42(56)63-43(3,4)5/h9-13,15-17,19,29-31,34-37,39,50,52,57H,14,18,20-23H2,1-8H3,(H,48,56). The molecule has 11 unspecified atom stereocenters. The van der Waals surface area contributed by atoms with Crippen molar-refractivity contribution in [2.75, 3.05) is 6.61 Å². The van der Waals surface area contributed by atoms with Crippen LogP contribution in [0.4, 0.5) is 4.79 Å². The maximum Gasteiger partial charge on any atom is 0.408 e. The molecule has 1 amide bonds. The topological polar surface area (TPSA) is 231 Å². The summed E-state index contributed by atoms with van der Waals surface area (Å²) in [6, 6.07) is 13.2. The van der Waals surface area contributed by atoms with Gasteiger partial charge in [-0.15, -0.1) is 0 Å². The Bertz CT molecular complexity index is 2210. The summed E-state index contributed by atoms with van der Waals surface area (Å²) in [5.74, 6) is -6.19. The molecule has 2 heterocycles. The van der Waals surface area contributed by atoms with E-state index >= 15 is 4.79 Å². The van der Waals surface area contributed by atoms with Gasteiger partial charge >= 0.3 is 30.0 Å². The van der Waals surface area contributed by atoms with E-state index in [2.05, 4.69) is 5.32 Å². The first-order valence-corrected chi connectivity index (χ1v) is 21.3. The van der Waals surface area contributed by atoms with Gasteiger partial charge in [-0.25, -0.2) is 14.4 Å². The van der Waals surface area contributed by atoms with Gasteiger partial charge in [-0.1, -0.05) is 56.3 Å². The van der Waals surface area contributed by atoms with Crippen LogP contribution in [0.1, 0.15) is 109 Å². The molecule has 0 radical (unpaired) electrons. The van der Waals surface area contributed by atoms with E-state index < -0.39 is 118 Å². The largest absolute Gasteiger partial charge is 0.456 e. The molecule has 4 N–H and O–H groups in total. The number of esters is 4. The summed E-state index contributed by atoms with van der Waals surface area (Å²) < 4.78 is 36.5. The molecule has 1 saturated heterocycles. The SMILES string of the molecule is CC(=O)OC1C(=O)C2(C)C(O)CC3OCC34OC(=O)CCCc3ccccc3C(NC(=O)OC(C)(C)C)C(O)C(=O)OC3CC(O)(C(OC(=O)c5ccccc5)C42)C(C)(C)C1=C3C. The minimum atomic E-state index is -2.39. The molecule has 2 saturated carbocycles. The second-order valence-corrected chi connectivity index (χ2v) is 19.2. The summed E-state index contributed by atoms with van der Waals surface area (Å²) in [7, 11) is 0. The number of nitrogens with one attached hydrogen (secondary N) is 1. The van der Waals surface area contributed by atoms with Crippen LogP contribution in [0.2, 0.25) is 0 Å². The van der Waals surface area contributed by atoms with E-state index in [1.54, 1.807) is 77.1 Å². The fourth-order valence-electron chi connectivity index (χ4n) is 10.6. The molecule has 7 rings (SSSR count). The van der Waals surface area contributed by atoms with Gasteiger partial charge in [0.25, 0.3) is 0 Å². The molecule has 0 aromatic heterocycles. The highest BCUT2D eigenvalue weighted by Gasteiger charge is 2.78. The summed E-state index contributed by atoms with van der Waals surface area (Å²) in [4.78, 5) is 85.1. The Morgan fingerprint density at radius 2 is 1.59 bits per heavy atom. The van der Waals surface area contributed by atoms with Crippen molar-refractivity contribution in [3.63, 3.8) is 0 Å². The highest BCUT2D eigenvalue weighted by Crippen LogP contribution is 2.64. The molecule has 3 aliphatic carbocycles. The van der Waals surface area contributed by atoms with Crippen LogP contribution in [0.3, 0.4) is 0 Å². The van der Waals surface area contributed by atoms with Gasteiger partial charge in [0.1, 0.15) is 29.5 Å². The normalized spacial score (nSPS) is 35.3.